The third kappa shape index (κ3) is 7.03. The second kappa shape index (κ2) is 13.2. The molecule has 8 heteroatoms. The molecule has 0 atom stereocenters. The maximum absolute atomic E-state index is 8.94. The molecule has 3 rings (SSSR count). The van der Waals surface area contributed by atoms with E-state index < -0.39 is 0 Å². The van der Waals surface area contributed by atoms with Gasteiger partial charge in [-0.2, -0.15) is 0 Å². The molecule has 0 saturated carbocycles. The van der Waals surface area contributed by atoms with Crippen LogP contribution in [0.4, 0.5) is 0 Å². The van der Waals surface area contributed by atoms with Gasteiger partial charge in [0.25, 0.3) is 0 Å². The lowest BCUT2D eigenvalue weighted by Crippen LogP contribution is -2.38. The SMILES string of the molecule is CCNC(=NCc1ccc(OCCO)c(OC)c1)NCCc1c[nH]c2cc(C)ccc12.I. The van der Waals surface area contributed by atoms with Gasteiger partial charge >= 0.3 is 0 Å². The van der Waals surface area contributed by atoms with Crippen molar-refractivity contribution in [2.45, 2.75) is 26.8 Å². The molecule has 0 amide bonds. The number of aromatic amines is 1. The lowest BCUT2D eigenvalue weighted by molar-refractivity contribution is 0.196. The molecule has 4 N–H and O–H groups in total. The number of ether oxygens (including phenoxy) is 2. The van der Waals surface area contributed by atoms with Gasteiger partial charge in [0.15, 0.2) is 17.5 Å². The summed E-state index contributed by atoms with van der Waals surface area (Å²) in [6.07, 6.45) is 2.99. The highest BCUT2D eigenvalue weighted by Crippen LogP contribution is 2.28. The van der Waals surface area contributed by atoms with Crippen molar-refractivity contribution in [3.8, 4) is 11.5 Å². The van der Waals surface area contributed by atoms with Crippen molar-refractivity contribution in [2.24, 2.45) is 4.99 Å². The van der Waals surface area contributed by atoms with Gasteiger partial charge in [-0.25, -0.2) is 4.99 Å². The second-order valence-corrected chi connectivity index (χ2v) is 7.29. The molecule has 7 nitrogen and oxygen atoms in total. The van der Waals surface area contributed by atoms with Crippen molar-refractivity contribution in [2.75, 3.05) is 33.4 Å². The standard InChI is InChI=1S/C24H32N4O3.HI/c1-4-25-24(26-10-9-19-16-27-21-13-17(2)5-7-20(19)21)28-15-18-6-8-22(31-12-11-29)23(14-18)30-3;/h5-8,13-14,16,27,29H,4,9-12,15H2,1-3H3,(H2,25,26,28);1H. The van der Waals surface area contributed by atoms with Gasteiger partial charge in [0.05, 0.1) is 20.3 Å². The van der Waals surface area contributed by atoms with Crippen molar-refractivity contribution in [3.63, 3.8) is 0 Å². The normalized spacial score (nSPS) is 11.2. The number of halogens is 1. The maximum atomic E-state index is 8.94. The molecule has 174 valence electrons. The van der Waals surface area contributed by atoms with Crippen molar-refractivity contribution in [1.82, 2.24) is 15.6 Å². The highest BCUT2D eigenvalue weighted by molar-refractivity contribution is 14.0. The number of hydrogen-bond donors (Lipinski definition) is 4. The van der Waals surface area contributed by atoms with Crippen LogP contribution in [-0.4, -0.2) is 49.5 Å². The highest BCUT2D eigenvalue weighted by Gasteiger charge is 2.07. The number of nitrogens with one attached hydrogen (secondary N) is 3. The molecule has 0 bridgehead atoms. The summed E-state index contributed by atoms with van der Waals surface area (Å²) < 4.78 is 10.9. The third-order valence-electron chi connectivity index (χ3n) is 4.95. The Balaban J connectivity index is 0.00000363. The van der Waals surface area contributed by atoms with Crippen LogP contribution >= 0.6 is 24.0 Å². The Hall–Kier alpha value is -2.46. The highest BCUT2D eigenvalue weighted by atomic mass is 127. The summed E-state index contributed by atoms with van der Waals surface area (Å²) in [5, 5.41) is 16.9. The molecule has 1 heterocycles. The summed E-state index contributed by atoms with van der Waals surface area (Å²) in [6.45, 7) is 6.43. The minimum Gasteiger partial charge on any atom is -0.493 e. The smallest absolute Gasteiger partial charge is 0.191 e. The number of nitrogens with zero attached hydrogens (tertiary/aromatic N) is 1. The van der Waals surface area contributed by atoms with Gasteiger partial charge in [0.2, 0.25) is 0 Å². The zero-order valence-electron chi connectivity index (χ0n) is 18.9. The number of fused-ring (bicyclic) bond motifs is 1. The fraction of sp³-hybridized carbons (Fsp3) is 0.375. The van der Waals surface area contributed by atoms with Crippen LogP contribution in [0.5, 0.6) is 11.5 Å². The zero-order chi connectivity index (χ0) is 22.1. The van der Waals surface area contributed by atoms with Crippen molar-refractivity contribution >= 4 is 40.8 Å². The topological polar surface area (TPSA) is 90.9 Å². The number of H-pyrrole nitrogens is 1. The Morgan fingerprint density at radius 1 is 1.12 bits per heavy atom. The van der Waals surface area contributed by atoms with E-state index in [1.54, 1.807) is 7.11 Å². The molecule has 0 aliphatic carbocycles. The first-order valence-electron chi connectivity index (χ1n) is 10.6. The van der Waals surface area contributed by atoms with Gasteiger partial charge in [-0.05, 0) is 55.2 Å². The van der Waals surface area contributed by atoms with Crippen molar-refractivity contribution in [3.05, 3.63) is 59.3 Å². The third-order valence-corrected chi connectivity index (χ3v) is 4.95. The minimum atomic E-state index is -0.0366. The number of benzene rings is 2. The predicted octanol–water partition coefficient (Wildman–Crippen LogP) is 3.77. The number of methoxy groups -OCH3 is 1. The molecule has 1 aromatic heterocycles. The van der Waals surface area contributed by atoms with Crippen LogP contribution in [0.3, 0.4) is 0 Å². The molecular formula is C24H33IN4O3. The maximum Gasteiger partial charge on any atom is 0.191 e. The molecular weight excluding hydrogens is 519 g/mol. The molecule has 3 aromatic rings. The quantitative estimate of drug-likeness (QED) is 0.175. The Labute approximate surface area is 206 Å². The Bertz CT molecular complexity index is 1020. The molecule has 0 saturated heterocycles. The van der Waals surface area contributed by atoms with Gasteiger partial charge in [0, 0.05) is 30.2 Å². The van der Waals surface area contributed by atoms with E-state index in [0.29, 0.717) is 18.0 Å². The largest absolute Gasteiger partial charge is 0.493 e. The van der Waals surface area contributed by atoms with E-state index in [1.807, 2.05) is 18.2 Å². The Morgan fingerprint density at radius 2 is 1.97 bits per heavy atom. The second-order valence-electron chi connectivity index (χ2n) is 7.29. The van der Waals surface area contributed by atoms with Gasteiger partial charge in [0.1, 0.15) is 6.61 Å². The molecule has 0 radical (unpaired) electrons. The predicted molar refractivity (Wildman–Crippen MR) is 141 cm³/mol. The van der Waals surface area contributed by atoms with E-state index >= 15 is 0 Å². The van der Waals surface area contributed by atoms with Crippen LogP contribution < -0.4 is 20.1 Å². The summed E-state index contributed by atoms with van der Waals surface area (Å²) in [5.74, 6) is 2.02. The van der Waals surface area contributed by atoms with E-state index in [0.717, 1.165) is 31.0 Å². The molecule has 0 aliphatic heterocycles. The summed E-state index contributed by atoms with van der Waals surface area (Å²) in [6, 6.07) is 12.2. The fourth-order valence-corrected chi connectivity index (χ4v) is 3.42. The van der Waals surface area contributed by atoms with E-state index in [-0.39, 0.29) is 37.2 Å². The van der Waals surface area contributed by atoms with Gasteiger partial charge < -0.3 is 30.2 Å². The van der Waals surface area contributed by atoms with Crippen LogP contribution in [0.2, 0.25) is 0 Å². The number of aliphatic hydroxyl groups excluding tert-OH is 1. The molecule has 32 heavy (non-hydrogen) atoms. The van der Waals surface area contributed by atoms with Crippen LogP contribution in [0.1, 0.15) is 23.6 Å². The van der Waals surface area contributed by atoms with Crippen LogP contribution in [0.25, 0.3) is 10.9 Å². The number of aliphatic hydroxyl groups is 1. The first-order chi connectivity index (χ1) is 15.1. The number of rotatable bonds is 10. The summed E-state index contributed by atoms with van der Waals surface area (Å²) in [4.78, 5) is 8.05. The summed E-state index contributed by atoms with van der Waals surface area (Å²) >= 11 is 0. The Kier molecular flexibility index (Phi) is 10.6. The van der Waals surface area contributed by atoms with E-state index in [1.165, 1.54) is 22.0 Å². The minimum absolute atomic E-state index is 0. The van der Waals surface area contributed by atoms with E-state index in [4.69, 9.17) is 19.6 Å². The zero-order valence-corrected chi connectivity index (χ0v) is 21.2. The molecule has 2 aromatic carbocycles. The molecule has 0 unspecified atom stereocenters. The summed E-state index contributed by atoms with van der Waals surface area (Å²) in [5.41, 5.74) is 4.74. The number of aliphatic imine (C=N–C) groups is 1. The van der Waals surface area contributed by atoms with Crippen LogP contribution in [-0.2, 0) is 13.0 Å². The average molecular weight is 552 g/mol. The summed E-state index contributed by atoms with van der Waals surface area (Å²) in [7, 11) is 1.60. The number of aromatic nitrogens is 1. The number of guanidine groups is 1. The van der Waals surface area contributed by atoms with Crippen LogP contribution in [0.15, 0.2) is 47.6 Å². The van der Waals surface area contributed by atoms with Gasteiger partial charge in [-0.15, -0.1) is 24.0 Å². The van der Waals surface area contributed by atoms with Crippen LogP contribution in [0, 0.1) is 6.92 Å². The van der Waals surface area contributed by atoms with E-state index in [9.17, 15) is 0 Å². The molecule has 0 spiro atoms. The van der Waals surface area contributed by atoms with Gasteiger partial charge in [-0.1, -0.05) is 18.2 Å². The Morgan fingerprint density at radius 3 is 2.72 bits per heavy atom. The monoisotopic (exact) mass is 552 g/mol. The molecule has 0 fully saturated rings. The fourth-order valence-electron chi connectivity index (χ4n) is 3.42. The molecule has 0 aliphatic rings. The van der Waals surface area contributed by atoms with Crippen molar-refractivity contribution in [1.29, 1.82) is 0 Å². The first kappa shape index (κ1) is 25.8. The van der Waals surface area contributed by atoms with Crippen molar-refractivity contribution < 1.29 is 14.6 Å². The lowest BCUT2D eigenvalue weighted by atomic mass is 10.1. The van der Waals surface area contributed by atoms with Gasteiger partial charge in [-0.3, -0.25) is 0 Å². The first-order valence-corrected chi connectivity index (χ1v) is 10.6. The van der Waals surface area contributed by atoms with E-state index in [2.05, 4.69) is 53.9 Å². The number of aryl methyl sites for hydroxylation is 1. The average Bonchev–Trinajstić information content (AvgIpc) is 3.18. The lowest BCUT2D eigenvalue weighted by Gasteiger charge is -2.13. The number of hydrogen-bond acceptors (Lipinski definition) is 4.